The van der Waals surface area contributed by atoms with Crippen molar-refractivity contribution in [3.63, 3.8) is 0 Å². The Kier molecular flexibility index (Phi) is 4.75. The monoisotopic (exact) mass is 253 g/mol. The zero-order valence-electron chi connectivity index (χ0n) is 9.59. The lowest BCUT2D eigenvalue weighted by Crippen LogP contribution is -2.14. The zero-order chi connectivity index (χ0) is 11.5. The molecule has 0 saturated heterocycles. The molecule has 3 nitrogen and oxygen atoms in total. The lowest BCUT2D eigenvalue weighted by atomic mass is 10.0. The van der Waals surface area contributed by atoms with Crippen LogP contribution in [0.4, 0.5) is 0 Å². The lowest BCUT2D eigenvalue weighted by Gasteiger charge is -2.10. The van der Waals surface area contributed by atoms with Gasteiger partial charge in [-0.05, 0) is 34.5 Å². The van der Waals surface area contributed by atoms with Crippen molar-refractivity contribution in [1.29, 1.82) is 0 Å². The topological polar surface area (TPSA) is 55.5 Å². The van der Waals surface area contributed by atoms with Gasteiger partial charge in [-0.3, -0.25) is 0 Å². The van der Waals surface area contributed by atoms with Crippen LogP contribution in [0.1, 0.15) is 11.6 Å². The molecule has 0 heterocycles. The summed E-state index contributed by atoms with van der Waals surface area (Å²) in [5, 5.41) is 11.2. The zero-order valence-corrected chi connectivity index (χ0v) is 10.4. The molecule has 0 saturated carbocycles. The number of hydrogen-bond acceptors (Lipinski definition) is 3. The van der Waals surface area contributed by atoms with E-state index in [2.05, 4.69) is 0 Å². The van der Waals surface area contributed by atoms with Gasteiger partial charge in [0, 0.05) is 0 Å². The first-order chi connectivity index (χ1) is 7.74. The number of rotatable bonds is 3. The van der Waals surface area contributed by atoms with Gasteiger partial charge in [-0.25, -0.2) is 0 Å². The molecule has 0 bridgehead atoms. The fourth-order valence-electron chi connectivity index (χ4n) is 1.71. The molecule has 0 aliphatic heterocycles. The van der Waals surface area contributed by atoms with Gasteiger partial charge in [-0.15, -0.1) is 12.4 Å². The van der Waals surface area contributed by atoms with Gasteiger partial charge in [-0.1, -0.05) is 18.2 Å². The second kappa shape index (κ2) is 5.87. The van der Waals surface area contributed by atoms with Gasteiger partial charge in [0.1, 0.15) is 5.75 Å². The number of nitrogens with two attached hydrogens (primary N) is 1. The first kappa shape index (κ1) is 13.8. The third kappa shape index (κ3) is 2.88. The molecule has 0 aliphatic carbocycles. The molecule has 0 fully saturated rings. The Balaban J connectivity index is 0.00000144. The van der Waals surface area contributed by atoms with E-state index in [9.17, 15) is 0 Å². The van der Waals surface area contributed by atoms with Crippen LogP contribution in [-0.4, -0.2) is 18.8 Å². The summed E-state index contributed by atoms with van der Waals surface area (Å²) in [7, 11) is 1.65. The van der Waals surface area contributed by atoms with Gasteiger partial charge in [0.15, 0.2) is 0 Å². The molecule has 3 N–H and O–H groups in total. The van der Waals surface area contributed by atoms with E-state index < -0.39 is 0 Å². The van der Waals surface area contributed by atoms with Gasteiger partial charge < -0.3 is 15.6 Å². The molecule has 2 aromatic rings. The Morgan fingerprint density at radius 1 is 1.18 bits per heavy atom. The third-order valence-electron chi connectivity index (χ3n) is 2.70. The molecule has 0 aromatic heterocycles. The van der Waals surface area contributed by atoms with Crippen LogP contribution in [0.3, 0.4) is 0 Å². The number of halogens is 1. The highest BCUT2D eigenvalue weighted by Crippen LogP contribution is 2.23. The molecular weight excluding hydrogens is 238 g/mol. The second-order valence-electron chi connectivity index (χ2n) is 3.76. The van der Waals surface area contributed by atoms with E-state index >= 15 is 0 Å². The highest BCUT2D eigenvalue weighted by molar-refractivity contribution is 5.85. The number of hydrogen-bond donors (Lipinski definition) is 2. The highest BCUT2D eigenvalue weighted by atomic mass is 35.5. The maximum Gasteiger partial charge on any atom is 0.119 e. The van der Waals surface area contributed by atoms with Gasteiger partial charge in [0.05, 0.1) is 19.8 Å². The summed E-state index contributed by atoms with van der Waals surface area (Å²) in [6, 6.07) is 11.5. The summed E-state index contributed by atoms with van der Waals surface area (Å²) < 4.78 is 5.16. The van der Waals surface area contributed by atoms with Crippen molar-refractivity contribution in [2.24, 2.45) is 5.73 Å². The van der Waals surface area contributed by atoms with Crippen LogP contribution < -0.4 is 10.5 Å². The molecule has 0 amide bonds. The Hall–Kier alpha value is -1.29. The molecule has 0 aliphatic rings. The van der Waals surface area contributed by atoms with Gasteiger partial charge in [0.2, 0.25) is 0 Å². The van der Waals surface area contributed by atoms with E-state index in [1.165, 1.54) is 0 Å². The number of benzene rings is 2. The van der Waals surface area contributed by atoms with Crippen molar-refractivity contribution < 1.29 is 9.84 Å². The SMILES string of the molecule is COc1ccc2cc([C@@H](N)CO)ccc2c1.Cl. The average molecular weight is 254 g/mol. The van der Waals surface area contributed by atoms with Crippen LogP contribution in [0.5, 0.6) is 5.75 Å². The van der Waals surface area contributed by atoms with E-state index in [1.807, 2.05) is 36.4 Å². The normalized spacial score (nSPS) is 11.9. The van der Waals surface area contributed by atoms with Crippen molar-refractivity contribution in [3.8, 4) is 5.75 Å². The van der Waals surface area contributed by atoms with Crippen molar-refractivity contribution >= 4 is 23.2 Å². The standard InChI is InChI=1S/C13H15NO2.ClH/c1-16-12-5-4-9-6-11(13(14)8-15)3-2-10(9)7-12;/h2-7,13,15H,8,14H2,1H3;1H/t13-;/m0./s1. The third-order valence-corrected chi connectivity index (χ3v) is 2.70. The Morgan fingerprint density at radius 3 is 2.47 bits per heavy atom. The average Bonchev–Trinajstić information content (AvgIpc) is 2.36. The lowest BCUT2D eigenvalue weighted by molar-refractivity contribution is 0.268. The number of methoxy groups -OCH3 is 1. The Labute approximate surface area is 107 Å². The fraction of sp³-hybridized carbons (Fsp3) is 0.231. The predicted octanol–water partition coefficient (Wildman–Crippen LogP) is 2.26. The molecule has 2 aromatic carbocycles. The van der Waals surface area contributed by atoms with Crippen LogP contribution >= 0.6 is 12.4 Å². The van der Waals surface area contributed by atoms with Crippen LogP contribution in [0, 0.1) is 0 Å². The Morgan fingerprint density at radius 2 is 1.82 bits per heavy atom. The van der Waals surface area contributed by atoms with Crippen molar-refractivity contribution in [3.05, 3.63) is 42.0 Å². The number of ether oxygens (including phenoxy) is 1. The molecule has 92 valence electrons. The maximum atomic E-state index is 9.00. The van der Waals surface area contributed by atoms with E-state index in [0.717, 1.165) is 22.1 Å². The first-order valence-corrected chi connectivity index (χ1v) is 5.18. The second-order valence-corrected chi connectivity index (χ2v) is 3.76. The maximum absolute atomic E-state index is 9.00. The molecule has 0 radical (unpaired) electrons. The minimum atomic E-state index is -0.313. The quantitative estimate of drug-likeness (QED) is 0.882. The van der Waals surface area contributed by atoms with E-state index in [0.29, 0.717) is 0 Å². The molecule has 0 unspecified atom stereocenters. The minimum absolute atomic E-state index is 0. The van der Waals surface area contributed by atoms with Crippen LogP contribution in [0.15, 0.2) is 36.4 Å². The summed E-state index contributed by atoms with van der Waals surface area (Å²) in [5.41, 5.74) is 6.71. The number of aliphatic hydroxyl groups is 1. The highest BCUT2D eigenvalue weighted by Gasteiger charge is 2.05. The molecule has 1 atom stereocenters. The largest absolute Gasteiger partial charge is 0.497 e. The molecule has 4 heteroatoms. The molecule has 2 rings (SSSR count). The summed E-state index contributed by atoms with van der Waals surface area (Å²) in [6.45, 7) is -0.0400. The summed E-state index contributed by atoms with van der Waals surface area (Å²) in [4.78, 5) is 0. The number of fused-ring (bicyclic) bond motifs is 1. The van der Waals surface area contributed by atoms with E-state index in [-0.39, 0.29) is 25.1 Å². The van der Waals surface area contributed by atoms with Crippen LogP contribution in [-0.2, 0) is 0 Å². The molecular formula is C13H16ClNO2. The van der Waals surface area contributed by atoms with Crippen molar-refractivity contribution in [2.75, 3.05) is 13.7 Å². The summed E-state index contributed by atoms with van der Waals surface area (Å²) in [5.74, 6) is 0.840. The predicted molar refractivity (Wildman–Crippen MR) is 71.8 cm³/mol. The fourth-order valence-corrected chi connectivity index (χ4v) is 1.71. The Bertz CT molecular complexity index is 502. The minimum Gasteiger partial charge on any atom is -0.497 e. The molecule has 0 spiro atoms. The van der Waals surface area contributed by atoms with Crippen LogP contribution in [0.25, 0.3) is 10.8 Å². The first-order valence-electron chi connectivity index (χ1n) is 5.18. The number of aliphatic hydroxyl groups excluding tert-OH is 1. The van der Waals surface area contributed by atoms with Gasteiger partial charge >= 0.3 is 0 Å². The molecule has 17 heavy (non-hydrogen) atoms. The van der Waals surface area contributed by atoms with Crippen molar-refractivity contribution in [1.82, 2.24) is 0 Å². The van der Waals surface area contributed by atoms with Gasteiger partial charge in [-0.2, -0.15) is 0 Å². The van der Waals surface area contributed by atoms with E-state index in [4.69, 9.17) is 15.6 Å². The van der Waals surface area contributed by atoms with Gasteiger partial charge in [0.25, 0.3) is 0 Å². The summed E-state index contributed by atoms with van der Waals surface area (Å²) >= 11 is 0. The smallest absolute Gasteiger partial charge is 0.119 e. The van der Waals surface area contributed by atoms with Crippen LogP contribution in [0.2, 0.25) is 0 Å². The summed E-state index contributed by atoms with van der Waals surface area (Å²) in [6.07, 6.45) is 0. The van der Waals surface area contributed by atoms with Crippen molar-refractivity contribution in [2.45, 2.75) is 6.04 Å². The van der Waals surface area contributed by atoms with E-state index in [1.54, 1.807) is 7.11 Å².